The molecule has 7 saturated carbocycles. The molecule has 0 aliphatic heterocycles. The number of benzene rings is 1. The zero-order chi connectivity index (χ0) is 29.0. The lowest BCUT2D eigenvalue weighted by atomic mass is 9.41. The number of hydrogen-bond donors (Lipinski definition) is 0. The lowest BCUT2D eigenvalue weighted by Gasteiger charge is -2.65. The van der Waals surface area contributed by atoms with Crippen LogP contribution in [-0.4, -0.2) is 44.2 Å². The molecule has 7 fully saturated rings. The van der Waals surface area contributed by atoms with E-state index in [9.17, 15) is 22.4 Å². The summed E-state index contributed by atoms with van der Waals surface area (Å²) in [4.78, 5) is 20.8. The van der Waals surface area contributed by atoms with E-state index >= 15 is 0 Å². The fourth-order valence-corrected chi connectivity index (χ4v) is 8.21. The second-order valence-electron chi connectivity index (χ2n) is 14.0. The van der Waals surface area contributed by atoms with Crippen LogP contribution in [0.2, 0.25) is 0 Å². The van der Waals surface area contributed by atoms with Gasteiger partial charge in [0, 0.05) is 35.3 Å². The molecule has 3 aromatic rings. The van der Waals surface area contributed by atoms with Gasteiger partial charge in [-0.2, -0.15) is 23.3 Å². The number of amides is 1. The van der Waals surface area contributed by atoms with E-state index in [0.717, 1.165) is 67.8 Å². The fraction of sp³-hybridized carbons (Fsp3) is 0.613. The van der Waals surface area contributed by atoms with E-state index < -0.39 is 23.8 Å². The predicted molar refractivity (Wildman–Crippen MR) is 144 cm³/mol. The maximum Gasteiger partial charge on any atom is 0.408 e. The minimum atomic E-state index is -4.37. The van der Waals surface area contributed by atoms with Gasteiger partial charge in [-0.25, -0.2) is 4.39 Å². The Labute approximate surface area is 240 Å². The second-order valence-corrected chi connectivity index (χ2v) is 14.0. The van der Waals surface area contributed by atoms with E-state index in [1.165, 1.54) is 12.4 Å². The third kappa shape index (κ3) is 4.28. The van der Waals surface area contributed by atoms with Gasteiger partial charge < -0.3 is 9.42 Å². The minimum Gasteiger partial charge on any atom is -0.339 e. The van der Waals surface area contributed by atoms with Crippen LogP contribution in [-0.2, 0) is 16.8 Å². The summed E-state index contributed by atoms with van der Waals surface area (Å²) in [5, 5.41) is 8.16. The number of rotatable bonds is 8. The Kier molecular flexibility index (Phi) is 5.44. The average Bonchev–Trinajstić information content (AvgIpc) is 3.47. The summed E-state index contributed by atoms with van der Waals surface area (Å²) in [5.74, 6) is 2.02. The largest absolute Gasteiger partial charge is 0.408 e. The molecule has 11 heteroatoms. The van der Waals surface area contributed by atoms with Gasteiger partial charge >= 0.3 is 6.18 Å². The summed E-state index contributed by atoms with van der Waals surface area (Å²) >= 11 is 0. The Balaban J connectivity index is 1.06. The first-order valence-corrected chi connectivity index (χ1v) is 15.0. The lowest BCUT2D eigenvalue weighted by molar-refractivity contribution is -0.211. The first kappa shape index (κ1) is 26.4. The van der Waals surface area contributed by atoms with Crippen LogP contribution in [0.3, 0.4) is 0 Å². The molecule has 7 aliphatic rings. The highest BCUT2D eigenvalue weighted by Gasteiger charge is 2.73. The Morgan fingerprint density at radius 3 is 2.40 bits per heavy atom. The summed E-state index contributed by atoms with van der Waals surface area (Å²) in [7, 11) is 0. The van der Waals surface area contributed by atoms with Crippen molar-refractivity contribution in [2.75, 3.05) is 11.4 Å². The van der Waals surface area contributed by atoms with Gasteiger partial charge in [0.15, 0.2) is 5.82 Å². The second kappa shape index (κ2) is 8.66. The number of anilines is 1. The molecule has 0 spiro atoms. The lowest BCUT2D eigenvalue weighted by Crippen LogP contribution is -2.71. The first-order chi connectivity index (χ1) is 20.0. The van der Waals surface area contributed by atoms with Gasteiger partial charge in [-0.05, 0) is 93.7 Å². The molecule has 2 aromatic heterocycles. The summed E-state index contributed by atoms with van der Waals surface area (Å²) in [6.07, 6.45) is 7.08. The van der Waals surface area contributed by atoms with Crippen molar-refractivity contribution in [1.82, 2.24) is 19.9 Å². The quantitative estimate of drug-likeness (QED) is 0.270. The Bertz CT molecular complexity index is 1510. The molecule has 10 rings (SSSR count). The van der Waals surface area contributed by atoms with Gasteiger partial charge in [0.25, 0.3) is 0 Å². The molecule has 7 nitrogen and oxygen atoms in total. The molecular weight excluding hydrogens is 550 g/mol. The van der Waals surface area contributed by atoms with Gasteiger partial charge in [0.1, 0.15) is 12.2 Å². The standard InChI is InChI=1S/C31H33F4N5O2/c32-30-15-29(16-30,17-30)26(41)40(23-3-1-2-21(12-23)22-13-36-39(14-22)19-31(33,34)35)18-27-6-9-28(10-7-27,11-8-27)25-37-24(38-42-25)20-4-5-20/h1-3,12-14,20H,4-11,15-19H2. The number of alkyl halides is 4. The SMILES string of the molecule is O=C(N(CC12CCC(c3nc(C4CC4)no3)(CC1)CC2)c1cccc(-c2cnn(CC(F)(F)F)c2)c1)C12CC(F)(C1)C2. The van der Waals surface area contributed by atoms with Crippen molar-refractivity contribution in [2.45, 2.75) is 100 Å². The predicted octanol–water partition coefficient (Wildman–Crippen LogP) is 6.89. The number of hydrogen-bond acceptors (Lipinski definition) is 5. The topological polar surface area (TPSA) is 77.1 Å². The summed E-state index contributed by atoms with van der Waals surface area (Å²) in [5.41, 5.74) is -0.0814. The van der Waals surface area contributed by atoms with Crippen LogP contribution in [0.4, 0.5) is 23.2 Å². The van der Waals surface area contributed by atoms with Crippen LogP contribution in [0, 0.1) is 10.8 Å². The number of aromatic nitrogens is 4. The van der Waals surface area contributed by atoms with Gasteiger partial charge in [-0.15, -0.1) is 0 Å². The zero-order valence-corrected chi connectivity index (χ0v) is 23.3. The third-order valence-corrected chi connectivity index (χ3v) is 10.9. The number of carbonyl (C=O) groups excluding carboxylic acids is 1. The smallest absolute Gasteiger partial charge is 0.339 e. The van der Waals surface area contributed by atoms with Gasteiger partial charge in [0.2, 0.25) is 11.8 Å². The monoisotopic (exact) mass is 583 g/mol. The zero-order valence-electron chi connectivity index (χ0n) is 23.3. The molecule has 0 saturated heterocycles. The molecule has 42 heavy (non-hydrogen) atoms. The van der Waals surface area contributed by atoms with Gasteiger partial charge in [-0.1, -0.05) is 17.3 Å². The number of halogens is 4. The first-order valence-electron chi connectivity index (χ1n) is 15.0. The minimum absolute atomic E-state index is 0.0327. The van der Waals surface area contributed by atoms with Crippen LogP contribution < -0.4 is 4.90 Å². The number of fused-ring (bicyclic) bond motifs is 3. The molecule has 7 aliphatic carbocycles. The normalized spacial score (nSPS) is 33.2. The maximum absolute atomic E-state index is 14.5. The molecule has 0 radical (unpaired) electrons. The molecule has 0 N–H and O–H groups in total. The van der Waals surface area contributed by atoms with Crippen molar-refractivity contribution in [3.8, 4) is 11.1 Å². The van der Waals surface area contributed by atoms with Crippen molar-refractivity contribution in [2.24, 2.45) is 10.8 Å². The highest BCUT2D eigenvalue weighted by molar-refractivity contribution is 6.00. The van der Waals surface area contributed by atoms with E-state index in [0.29, 0.717) is 29.3 Å². The molecule has 1 aromatic carbocycles. The molecule has 2 heterocycles. The van der Waals surface area contributed by atoms with Crippen LogP contribution in [0.15, 0.2) is 41.2 Å². The molecule has 4 bridgehead atoms. The highest BCUT2D eigenvalue weighted by atomic mass is 19.4. The Morgan fingerprint density at radius 2 is 1.76 bits per heavy atom. The van der Waals surface area contributed by atoms with Crippen LogP contribution in [0.5, 0.6) is 0 Å². The van der Waals surface area contributed by atoms with E-state index in [4.69, 9.17) is 9.51 Å². The van der Waals surface area contributed by atoms with E-state index in [-0.39, 0.29) is 36.0 Å². The molecular formula is C31H33F4N5O2. The van der Waals surface area contributed by atoms with Crippen LogP contribution >= 0.6 is 0 Å². The number of nitrogens with zero attached hydrogens (tertiary/aromatic N) is 5. The summed E-state index contributed by atoms with van der Waals surface area (Å²) in [6, 6.07) is 7.37. The van der Waals surface area contributed by atoms with Crippen molar-refractivity contribution >= 4 is 11.6 Å². The molecule has 222 valence electrons. The van der Waals surface area contributed by atoms with E-state index in [1.54, 1.807) is 0 Å². The average molecular weight is 584 g/mol. The summed E-state index contributed by atoms with van der Waals surface area (Å²) < 4.78 is 59.9. The summed E-state index contributed by atoms with van der Waals surface area (Å²) in [6.45, 7) is -0.628. The maximum atomic E-state index is 14.5. The number of carbonyl (C=O) groups is 1. The van der Waals surface area contributed by atoms with Gasteiger partial charge in [0.05, 0.1) is 11.6 Å². The Morgan fingerprint density at radius 1 is 1.05 bits per heavy atom. The van der Waals surface area contributed by atoms with Crippen LogP contribution in [0.25, 0.3) is 11.1 Å². The third-order valence-electron chi connectivity index (χ3n) is 10.9. The van der Waals surface area contributed by atoms with Crippen molar-refractivity contribution < 1.29 is 26.9 Å². The fourth-order valence-electron chi connectivity index (χ4n) is 8.21. The van der Waals surface area contributed by atoms with Gasteiger partial charge in [-0.3, -0.25) is 9.48 Å². The van der Waals surface area contributed by atoms with Crippen molar-refractivity contribution in [3.05, 3.63) is 48.4 Å². The molecule has 1 amide bonds. The van der Waals surface area contributed by atoms with E-state index in [2.05, 4.69) is 10.3 Å². The molecule has 0 atom stereocenters. The Hall–Kier alpha value is -3.24. The highest BCUT2D eigenvalue weighted by Crippen LogP contribution is 2.70. The van der Waals surface area contributed by atoms with Crippen molar-refractivity contribution in [1.29, 1.82) is 0 Å². The van der Waals surface area contributed by atoms with Crippen LogP contribution in [0.1, 0.15) is 88.3 Å². The van der Waals surface area contributed by atoms with Crippen molar-refractivity contribution in [3.63, 3.8) is 0 Å². The van der Waals surface area contributed by atoms with E-state index in [1.807, 2.05) is 29.2 Å². The molecule has 0 unspecified atom stereocenters.